The average Bonchev–Trinajstić information content (AvgIpc) is 3.35. The van der Waals surface area contributed by atoms with Crippen LogP contribution in [0.15, 0.2) is 30.6 Å². The molecule has 7 nitrogen and oxygen atoms in total. The number of methoxy groups -OCH3 is 1. The highest BCUT2D eigenvalue weighted by Crippen LogP contribution is 2.34. The fourth-order valence-electron chi connectivity index (χ4n) is 3.41. The molecule has 1 aliphatic heterocycles. The number of hydrogen-bond donors (Lipinski definition) is 0. The zero-order valence-electron chi connectivity index (χ0n) is 15.3. The predicted octanol–water partition coefficient (Wildman–Crippen LogP) is 3.15. The van der Waals surface area contributed by atoms with Crippen molar-refractivity contribution in [2.45, 2.75) is 20.4 Å². The molecule has 4 aromatic rings. The highest BCUT2D eigenvalue weighted by atomic mass is 16.5. The minimum atomic E-state index is 0.643. The first kappa shape index (κ1) is 15.7. The lowest BCUT2D eigenvalue weighted by Crippen LogP contribution is -1.97. The Morgan fingerprint density at radius 2 is 2.04 bits per heavy atom. The first-order valence-corrected chi connectivity index (χ1v) is 8.74. The van der Waals surface area contributed by atoms with E-state index in [4.69, 9.17) is 9.72 Å². The molecule has 3 aromatic heterocycles. The minimum absolute atomic E-state index is 0.643. The maximum absolute atomic E-state index is 5.34. The van der Waals surface area contributed by atoms with Gasteiger partial charge >= 0.3 is 0 Å². The van der Waals surface area contributed by atoms with Crippen molar-refractivity contribution in [2.24, 2.45) is 0 Å². The van der Waals surface area contributed by atoms with E-state index in [1.54, 1.807) is 13.3 Å². The third-order valence-corrected chi connectivity index (χ3v) is 4.82. The van der Waals surface area contributed by atoms with Crippen LogP contribution in [0.2, 0.25) is 0 Å². The van der Waals surface area contributed by atoms with Gasteiger partial charge in [0.25, 0.3) is 0 Å². The Kier molecular flexibility index (Phi) is 3.36. The first-order chi connectivity index (χ1) is 13.1. The summed E-state index contributed by atoms with van der Waals surface area (Å²) in [5, 5.41) is 4.54. The molecule has 0 saturated carbocycles. The van der Waals surface area contributed by atoms with Crippen LogP contribution < -0.4 is 4.74 Å². The summed E-state index contributed by atoms with van der Waals surface area (Å²) in [6, 6.07) is 6.12. The van der Waals surface area contributed by atoms with Gasteiger partial charge in [-0.3, -0.25) is 4.98 Å². The molecule has 5 rings (SSSR count). The maximum Gasteiger partial charge on any atom is 0.177 e. The quantitative estimate of drug-likeness (QED) is 0.495. The van der Waals surface area contributed by atoms with Gasteiger partial charge in [0.2, 0.25) is 0 Å². The van der Waals surface area contributed by atoms with Crippen LogP contribution in [0.5, 0.6) is 5.75 Å². The Hall–Kier alpha value is -3.48. The Morgan fingerprint density at radius 3 is 2.85 bits per heavy atom. The lowest BCUT2D eigenvalue weighted by molar-refractivity contribution is 0.415. The molecule has 0 saturated heterocycles. The fraction of sp³-hybridized carbons (Fsp3) is 0.200. The zero-order chi connectivity index (χ0) is 18.5. The highest BCUT2D eigenvalue weighted by Gasteiger charge is 2.21. The van der Waals surface area contributed by atoms with Crippen molar-refractivity contribution in [1.29, 1.82) is 0 Å². The van der Waals surface area contributed by atoms with Gasteiger partial charge in [0.15, 0.2) is 11.5 Å². The smallest absolute Gasteiger partial charge is 0.177 e. The summed E-state index contributed by atoms with van der Waals surface area (Å²) in [7, 11) is 1.68. The number of nitrogens with zero attached hydrogens (tertiary/aromatic N) is 6. The number of benzene rings is 1. The third-order valence-electron chi connectivity index (χ3n) is 4.82. The molecule has 134 valence electrons. The number of rotatable bonds is 3. The normalized spacial score (nSPS) is 12.7. The molecule has 0 bridgehead atoms. The van der Waals surface area contributed by atoms with Gasteiger partial charge in [0, 0.05) is 24.5 Å². The van der Waals surface area contributed by atoms with Gasteiger partial charge in [-0.05, 0) is 43.7 Å². The molecule has 1 aromatic carbocycles. The number of aryl methyl sites for hydroxylation is 2. The van der Waals surface area contributed by atoms with Crippen molar-refractivity contribution in [3.8, 4) is 17.1 Å². The van der Waals surface area contributed by atoms with E-state index >= 15 is 0 Å². The summed E-state index contributed by atoms with van der Waals surface area (Å²) in [5.74, 6) is 2.45. The molecule has 0 amide bonds. The Balaban J connectivity index is 1.48. The van der Waals surface area contributed by atoms with Gasteiger partial charge in [-0.2, -0.15) is 0 Å². The van der Waals surface area contributed by atoms with E-state index in [9.17, 15) is 0 Å². The molecule has 0 unspecified atom stereocenters. The van der Waals surface area contributed by atoms with Crippen molar-refractivity contribution in [1.82, 2.24) is 29.1 Å². The number of ether oxygens (including phenoxy) is 1. The topological polar surface area (TPSA) is 70.1 Å². The van der Waals surface area contributed by atoms with Crippen LogP contribution in [0.4, 0.5) is 0 Å². The third kappa shape index (κ3) is 2.51. The second-order valence-corrected chi connectivity index (χ2v) is 6.66. The van der Waals surface area contributed by atoms with Gasteiger partial charge in [-0.15, -0.1) is 5.10 Å². The van der Waals surface area contributed by atoms with E-state index in [2.05, 4.69) is 25.7 Å². The average molecular weight is 358 g/mol. The SMILES string of the molecule is COc1ccc2c(c1)-c1nc(/C=C/c3nc4c(C)ncc(C)n4n3)cn1C2. The van der Waals surface area contributed by atoms with Crippen LogP contribution in [0.1, 0.15) is 28.5 Å². The van der Waals surface area contributed by atoms with Gasteiger partial charge in [-0.1, -0.05) is 6.07 Å². The lowest BCUT2D eigenvalue weighted by atomic mass is 10.1. The predicted molar refractivity (Wildman–Crippen MR) is 103 cm³/mol. The summed E-state index contributed by atoms with van der Waals surface area (Å²) in [4.78, 5) is 13.7. The summed E-state index contributed by atoms with van der Waals surface area (Å²) in [5.41, 5.74) is 5.85. The summed E-state index contributed by atoms with van der Waals surface area (Å²) >= 11 is 0. The zero-order valence-corrected chi connectivity index (χ0v) is 15.3. The summed E-state index contributed by atoms with van der Waals surface area (Å²) in [6.07, 6.45) is 7.68. The Morgan fingerprint density at radius 1 is 1.15 bits per heavy atom. The molecule has 0 atom stereocenters. The van der Waals surface area contributed by atoms with E-state index in [0.29, 0.717) is 5.82 Å². The molecular weight excluding hydrogens is 340 g/mol. The molecule has 0 spiro atoms. The van der Waals surface area contributed by atoms with E-state index in [1.165, 1.54) is 5.56 Å². The second kappa shape index (κ2) is 5.77. The largest absolute Gasteiger partial charge is 0.497 e. The monoisotopic (exact) mass is 358 g/mol. The van der Waals surface area contributed by atoms with Gasteiger partial charge in [0.05, 0.1) is 24.2 Å². The van der Waals surface area contributed by atoms with Crippen LogP contribution in [0, 0.1) is 13.8 Å². The van der Waals surface area contributed by atoms with E-state index in [-0.39, 0.29) is 0 Å². The highest BCUT2D eigenvalue weighted by molar-refractivity contribution is 5.71. The van der Waals surface area contributed by atoms with E-state index < -0.39 is 0 Å². The van der Waals surface area contributed by atoms with Crippen molar-refractivity contribution in [2.75, 3.05) is 7.11 Å². The first-order valence-electron chi connectivity index (χ1n) is 8.74. The molecule has 0 N–H and O–H groups in total. The van der Waals surface area contributed by atoms with Crippen LogP contribution in [-0.2, 0) is 6.54 Å². The van der Waals surface area contributed by atoms with Gasteiger partial charge in [-0.25, -0.2) is 14.5 Å². The van der Waals surface area contributed by atoms with Crippen LogP contribution in [-0.4, -0.2) is 36.2 Å². The fourth-order valence-corrected chi connectivity index (χ4v) is 3.41. The molecule has 1 aliphatic rings. The maximum atomic E-state index is 5.34. The molecule has 27 heavy (non-hydrogen) atoms. The molecular formula is C20H18N6O. The molecule has 4 heterocycles. The molecule has 0 fully saturated rings. The molecule has 0 radical (unpaired) electrons. The standard InChI is InChI=1S/C20H18N6O/c1-12-9-21-13(2)19-23-18(24-26(12)19)7-5-15-11-25-10-14-4-6-16(27-3)8-17(14)20(25)22-15/h4-9,11H,10H2,1-3H3/b7-5+. The Bertz CT molecular complexity index is 1180. The van der Waals surface area contributed by atoms with Crippen LogP contribution >= 0.6 is 0 Å². The van der Waals surface area contributed by atoms with Crippen LogP contribution in [0.3, 0.4) is 0 Å². The number of aromatic nitrogens is 6. The summed E-state index contributed by atoms with van der Waals surface area (Å²) in [6.45, 7) is 4.72. The molecule has 0 aliphatic carbocycles. The van der Waals surface area contributed by atoms with Crippen LogP contribution in [0.25, 0.3) is 29.2 Å². The van der Waals surface area contributed by atoms with Crippen molar-refractivity contribution in [3.05, 3.63) is 59.1 Å². The second-order valence-electron chi connectivity index (χ2n) is 6.66. The van der Waals surface area contributed by atoms with Gasteiger partial charge in [0.1, 0.15) is 11.6 Å². The molecule has 7 heteroatoms. The Labute approximate surface area is 156 Å². The number of imidazole rings is 1. The number of hydrogen-bond acceptors (Lipinski definition) is 5. The van der Waals surface area contributed by atoms with E-state index in [1.807, 2.05) is 48.8 Å². The van der Waals surface area contributed by atoms with E-state index in [0.717, 1.165) is 46.4 Å². The van der Waals surface area contributed by atoms with Gasteiger partial charge < -0.3 is 9.30 Å². The number of fused-ring (bicyclic) bond motifs is 4. The minimum Gasteiger partial charge on any atom is -0.497 e. The van der Waals surface area contributed by atoms with Crippen molar-refractivity contribution < 1.29 is 4.74 Å². The summed E-state index contributed by atoms with van der Waals surface area (Å²) < 4.78 is 9.31. The van der Waals surface area contributed by atoms with Crippen molar-refractivity contribution >= 4 is 17.8 Å². The lowest BCUT2D eigenvalue weighted by Gasteiger charge is -2.02. The van der Waals surface area contributed by atoms with Crippen molar-refractivity contribution in [3.63, 3.8) is 0 Å².